The minimum absolute atomic E-state index is 0.191. The first-order valence-corrected chi connectivity index (χ1v) is 9.56. The molecule has 0 radical (unpaired) electrons. The van der Waals surface area contributed by atoms with Crippen LogP contribution >= 0.6 is 0 Å². The van der Waals surface area contributed by atoms with Crippen LogP contribution in [0.3, 0.4) is 0 Å². The lowest BCUT2D eigenvalue weighted by Crippen LogP contribution is -2.38. The standard InChI is InChI=1S/C21H28N4O2/c1-16-7-12-20(23-15-16)27-19-10-8-17(9-11-19)24-21(26)22-13-14-25(2)18-5-3-4-6-18/h7-12,15,18H,3-6,13-14H2,1-2H3,(H2,22,24,26). The smallest absolute Gasteiger partial charge is 0.319 e. The van der Waals surface area contributed by atoms with Crippen LogP contribution in [0.25, 0.3) is 0 Å². The average Bonchev–Trinajstić information content (AvgIpc) is 3.20. The summed E-state index contributed by atoms with van der Waals surface area (Å²) in [5.41, 5.74) is 1.81. The number of hydrogen-bond donors (Lipinski definition) is 2. The Morgan fingerprint density at radius 3 is 2.59 bits per heavy atom. The van der Waals surface area contributed by atoms with Crippen molar-refractivity contribution in [3.05, 3.63) is 48.2 Å². The van der Waals surface area contributed by atoms with Gasteiger partial charge >= 0.3 is 6.03 Å². The van der Waals surface area contributed by atoms with Crippen molar-refractivity contribution < 1.29 is 9.53 Å². The van der Waals surface area contributed by atoms with Gasteiger partial charge in [0, 0.05) is 37.1 Å². The first-order valence-electron chi connectivity index (χ1n) is 9.56. The van der Waals surface area contributed by atoms with E-state index in [0.29, 0.717) is 24.2 Å². The largest absolute Gasteiger partial charge is 0.439 e. The molecule has 6 heteroatoms. The second kappa shape index (κ2) is 9.37. The first kappa shape index (κ1) is 19.2. The fourth-order valence-corrected chi connectivity index (χ4v) is 3.29. The minimum atomic E-state index is -0.191. The van der Waals surface area contributed by atoms with E-state index in [1.807, 2.05) is 43.3 Å². The van der Waals surface area contributed by atoms with Gasteiger partial charge in [0.15, 0.2) is 0 Å². The van der Waals surface area contributed by atoms with E-state index in [2.05, 4.69) is 27.6 Å². The quantitative estimate of drug-likeness (QED) is 0.769. The van der Waals surface area contributed by atoms with Gasteiger partial charge in [-0.1, -0.05) is 18.9 Å². The third kappa shape index (κ3) is 5.96. The maximum Gasteiger partial charge on any atom is 0.319 e. The molecule has 0 aliphatic heterocycles. The van der Waals surface area contributed by atoms with Gasteiger partial charge in [-0.2, -0.15) is 0 Å². The van der Waals surface area contributed by atoms with Crippen molar-refractivity contribution in [2.75, 3.05) is 25.5 Å². The zero-order chi connectivity index (χ0) is 19.1. The lowest BCUT2D eigenvalue weighted by atomic mass is 10.2. The molecule has 2 N–H and O–H groups in total. The average molecular weight is 368 g/mol. The number of amides is 2. The van der Waals surface area contributed by atoms with E-state index in [1.165, 1.54) is 25.7 Å². The van der Waals surface area contributed by atoms with Crippen LogP contribution in [0, 0.1) is 6.92 Å². The zero-order valence-corrected chi connectivity index (χ0v) is 16.1. The molecule has 3 rings (SSSR count). The Balaban J connectivity index is 1.40. The topological polar surface area (TPSA) is 66.5 Å². The summed E-state index contributed by atoms with van der Waals surface area (Å²) in [6, 6.07) is 11.5. The predicted molar refractivity (Wildman–Crippen MR) is 107 cm³/mol. The highest BCUT2D eigenvalue weighted by molar-refractivity contribution is 5.89. The van der Waals surface area contributed by atoms with Gasteiger partial charge in [-0.05, 0) is 56.6 Å². The number of nitrogens with one attached hydrogen (secondary N) is 2. The first-order chi connectivity index (χ1) is 13.1. The molecule has 144 valence electrons. The maximum absolute atomic E-state index is 12.0. The highest BCUT2D eigenvalue weighted by atomic mass is 16.5. The second-order valence-corrected chi connectivity index (χ2v) is 7.10. The number of likely N-dealkylation sites (N-methyl/N-ethyl adjacent to an activating group) is 1. The summed E-state index contributed by atoms with van der Waals surface area (Å²) in [4.78, 5) is 18.6. The second-order valence-electron chi connectivity index (χ2n) is 7.10. The van der Waals surface area contributed by atoms with Crippen molar-refractivity contribution in [1.29, 1.82) is 0 Å². The predicted octanol–water partition coefficient (Wildman–Crippen LogP) is 4.18. The minimum Gasteiger partial charge on any atom is -0.439 e. The molecule has 1 aliphatic carbocycles. The van der Waals surface area contributed by atoms with Gasteiger partial charge in [0.05, 0.1) is 0 Å². The summed E-state index contributed by atoms with van der Waals surface area (Å²) >= 11 is 0. The lowest BCUT2D eigenvalue weighted by Gasteiger charge is -2.23. The fraction of sp³-hybridized carbons (Fsp3) is 0.429. The number of hydrogen-bond acceptors (Lipinski definition) is 4. The molecule has 0 unspecified atom stereocenters. The van der Waals surface area contributed by atoms with Crippen LogP contribution in [-0.2, 0) is 0 Å². The van der Waals surface area contributed by atoms with Gasteiger partial charge < -0.3 is 20.3 Å². The molecule has 1 saturated carbocycles. The third-order valence-corrected chi connectivity index (χ3v) is 4.92. The molecule has 2 amide bonds. The number of anilines is 1. The number of urea groups is 1. The molecule has 0 spiro atoms. The molecule has 1 fully saturated rings. The Bertz CT molecular complexity index is 725. The van der Waals surface area contributed by atoms with Gasteiger partial charge in [-0.15, -0.1) is 0 Å². The van der Waals surface area contributed by atoms with Crippen molar-refractivity contribution in [1.82, 2.24) is 15.2 Å². The summed E-state index contributed by atoms with van der Waals surface area (Å²) < 4.78 is 5.69. The van der Waals surface area contributed by atoms with Gasteiger partial charge in [-0.3, -0.25) is 0 Å². The molecule has 0 atom stereocenters. The Hall–Kier alpha value is -2.60. The van der Waals surface area contributed by atoms with E-state index in [-0.39, 0.29) is 6.03 Å². The number of ether oxygens (including phenoxy) is 1. The van der Waals surface area contributed by atoms with Crippen LogP contribution in [0.2, 0.25) is 0 Å². The molecule has 6 nitrogen and oxygen atoms in total. The van der Waals surface area contributed by atoms with E-state index in [0.717, 1.165) is 17.8 Å². The van der Waals surface area contributed by atoms with E-state index < -0.39 is 0 Å². The Kier molecular flexibility index (Phi) is 6.65. The highest BCUT2D eigenvalue weighted by Crippen LogP contribution is 2.22. The number of carbonyl (C=O) groups is 1. The molecule has 1 aromatic heterocycles. The molecule has 0 saturated heterocycles. The van der Waals surface area contributed by atoms with Crippen molar-refractivity contribution in [2.24, 2.45) is 0 Å². The summed E-state index contributed by atoms with van der Waals surface area (Å²) in [7, 11) is 2.14. The fourth-order valence-electron chi connectivity index (χ4n) is 3.29. The monoisotopic (exact) mass is 368 g/mol. The van der Waals surface area contributed by atoms with E-state index in [1.54, 1.807) is 6.20 Å². The number of benzene rings is 1. The zero-order valence-electron chi connectivity index (χ0n) is 16.1. The Labute approximate surface area is 160 Å². The van der Waals surface area contributed by atoms with Crippen LogP contribution in [0.15, 0.2) is 42.6 Å². The molecule has 0 bridgehead atoms. The van der Waals surface area contributed by atoms with Crippen LogP contribution < -0.4 is 15.4 Å². The summed E-state index contributed by atoms with van der Waals surface area (Å²) in [5, 5.41) is 5.76. The molecule has 1 aliphatic rings. The van der Waals surface area contributed by atoms with Crippen LogP contribution in [0.4, 0.5) is 10.5 Å². The third-order valence-electron chi connectivity index (χ3n) is 4.92. The van der Waals surface area contributed by atoms with Crippen LogP contribution in [0.5, 0.6) is 11.6 Å². The molecule has 27 heavy (non-hydrogen) atoms. The normalized spacial score (nSPS) is 14.3. The summed E-state index contributed by atoms with van der Waals surface area (Å²) in [6.45, 7) is 3.49. The van der Waals surface area contributed by atoms with Crippen molar-refractivity contribution in [3.63, 3.8) is 0 Å². The van der Waals surface area contributed by atoms with Crippen molar-refractivity contribution in [2.45, 2.75) is 38.6 Å². The van der Waals surface area contributed by atoms with Crippen LogP contribution in [0.1, 0.15) is 31.2 Å². The molecular weight excluding hydrogens is 340 g/mol. The maximum atomic E-state index is 12.0. The Morgan fingerprint density at radius 2 is 1.93 bits per heavy atom. The molecule has 1 aromatic carbocycles. The van der Waals surface area contributed by atoms with Gasteiger partial charge in [0.2, 0.25) is 5.88 Å². The SMILES string of the molecule is Cc1ccc(Oc2ccc(NC(=O)NCCN(C)C3CCCC3)cc2)nc1. The van der Waals surface area contributed by atoms with Gasteiger partial charge in [-0.25, -0.2) is 9.78 Å². The molecule has 2 aromatic rings. The number of aromatic nitrogens is 1. The van der Waals surface area contributed by atoms with E-state index in [4.69, 9.17) is 4.74 Å². The van der Waals surface area contributed by atoms with Crippen molar-refractivity contribution >= 4 is 11.7 Å². The molecule has 1 heterocycles. The summed E-state index contributed by atoms with van der Waals surface area (Å²) in [5.74, 6) is 1.22. The van der Waals surface area contributed by atoms with Crippen molar-refractivity contribution in [3.8, 4) is 11.6 Å². The van der Waals surface area contributed by atoms with Gasteiger partial charge in [0.1, 0.15) is 5.75 Å². The number of aryl methyl sites for hydroxylation is 1. The lowest BCUT2D eigenvalue weighted by molar-refractivity contribution is 0.235. The van der Waals surface area contributed by atoms with Crippen LogP contribution in [-0.4, -0.2) is 42.1 Å². The van der Waals surface area contributed by atoms with E-state index in [9.17, 15) is 4.79 Å². The number of nitrogens with zero attached hydrogens (tertiary/aromatic N) is 2. The number of carbonyl (C=O) groups excluding carboxylic acids is 1. The van der Waals surface area contributed by atoms with Gasteiger partial charge in [0.25, 0.3) is 0 Å². The number of rotatable bonds is 7. The summed E-state index contributed by atoms with van der Waals surface area (Å²) in [6.07, 6.45) is 6.95. The Morgan fingerprint density at radius 1 is 1.19 bits per heavy atom. The number of pyridine rings is 1. The highest BCUT2D eigenvalue weighted by Gasteiger charge is 2.18. The molecular formula is C21H28N4O2. The van der Waals surface area contributed by atoms with E-state index >= 15 is 0 Å².